The van der Waals surface area contributed by atoms with Crippen molar-refractivity contribution >= 4 is 0 Å². The van der Waals surface area contributed by atoms with Gasteiger partial charge in [-0.15, -0.1) is 0 Å². The highest BCUT2D eigenvalue weighted by Gasteiger charge is 2.06. The summed E-state index contributed by atoms with van der Waals surface area (Å²) < 4.78 is 15.6. The summed E-state index contributed by atoms with van der Waals surface area (Å²) in [4.78, 5) is 0. The van der Waals surface area contributed by atoms with Crippen LogP contribution in [0.1, 0.15) is 36.5 Å². The molecule has 0 amide bonds. The quantitative estimate of drug-likeness (QED) is 0.843. The number of aliphatic hydroxyl groups is 1. The highest BCUT2D eigenvalue weighted by atomic mass is 16.5. The molecule has 1 N–H and O–H groups in total. The van der Waals surface area contributed by atoms with Crippen LogP contribution in [0, 0.1) is 0 Å². The Morgan fingerprint density at radius 2 is 2.00 bits per heavy atom. The first-order chi connectivity index (χ1) is 9.72. The van der Waals surface area contributed by atoms with Crippen molar-refractivity contribution in [2.75, 3.05) is 7.11 Å². The van der Waals surface area contributed by atoms with Crippen molar-refractivity contribution in [3.8, 4) is 5.75 Å². The monoisotopic (exact) mass is 277 g/mol. The maximum Gasteiger partial charge on any atom is 0.162 e. The summed E-state index contributed by atoms with van der Waals surface area (Å²) in [7, 11) is 1.60. The molecule has 1 heterocycles. The van der Waals surface area contributed by atoms with Gasteiger partial charge in [-0.2, -0.15) is 0 Å². The van der Waals surface area contributed by atoms with Crippen molar-refractivity contribution in [3.63, 3.8) is 0 Å². The van der Waals surface area contributed by atoms with E-state index in [1.165, 1.54) is 0 Å². The largest absolute Gasteiger partial charge is 0.487 e. The van der Waals surface area contributed by atoms with Crippen molar-refractivity contribution < 1.29 is 19.1 Å². The van der Waals surface area contributed by atoms with E-state index in [4.69, 9.17) is 14.0 Å². The number of ether oxygens (including phenoxy) is 2. The lowest BCUT2D eigenvalue weighted by molar-refractivity contribution is 0.155. The van der Waals surface area contributed by atoms with E-state index in [-0.39, 0.29) is 0 Å². The molecule has 20 heavy (non-hydrogen) atoms. The molecule has 108 valence electrons. The van der Waals surface area contributed by atoms with E-state index < -0.39 is 6.10 Å². The smallest absolute Gasteiger partial charge is 0.162 e. The molecule has 1 aromatic carbocycles. The predicted octanol–water partition coefficient (Wildman–Crippen LogP) is 2.84. The molecule has 0 saturated heterocycles. The van der Waals surface area contributed by atoms with Crippen LogP contribution < -0.4 is 4.74 Å². The Kier molecular flexibility index (Phi) is 5.15. The number of aliphatic hydroxyl groups excluding tert-OH is 1. The topological polar surface area (TPSA) is 64.7 Å². The summed E-state index contributed by atoms with van der Waals surface area (Å²) in [6, 6.07) is 9.21. The van der Waals surface area contributed by atoms with E-state index in [1.54, 1.807) is 13.2 Å². The molecule has 0 radical (unpaired) electrons. The van der Waals surface area contributed by atoms with Gasteiger partial charge in [-0.1, -0.05) is 24.2 Å². The molecule has 0 bridgehead atoms. The van der Waals surface area contributed by atoms with E-state index >= 15 is 0 Å². The molecule has 2 aromatic rings. The summed E-state index contributed by atoms with van der Waals surface area (Å²) in [5.74, 6) is 1.40. The van der Waals surface area contributed by atoms with Gasteiger partial charge in [-0.3, -0.25) is 0 Å². The zero-order chi connectivity index (χ0) is 14.4. The maximum absolute atomic E-state index is 9.71. The first kappa shape index (κ1) is 14.6. The van der Waals surface area contributed by atoms with Crippen LogP contribution in [-0.4, -0.2) is 17.4 Å². The standard InChI is InChI=1S/C15H19NO4/c1-3-15(17)11-4-6-13(7-5-11)19-9-12-8-14(10-18-2)20-16-12/h4-8,15,17H,3,9-10H2,1-2H3. The number of rotatable bonds is 7. The number of methoxy groups -OCH3 is 1. The average molecular weight is 277 g/mol. The van der Waals surface area contributed by atoms with Crippen molar-refractivity contribution in [3.05, 3.63) is 47.3 Å². The van der Waals surface area contributed by atoms with Crippen LogP contribution in [0.15, 0.2) is 34.9 Å². The summed E-state index contributed by atoms with van der Waals surface area (Å²) in [6.07, 6.45) is 0.276. The Bertz CT molecular complexity index is 521. The molecule has 0 fully saturated rings. The number of benzene rings is 1. The van der Waals surface area contributed by atoms with Crippen LogP contribution in [0.25, 0.3) is 0 Å². The average Bonchev–Trinajstić information content (AvgIpc) is 2.93. The SMILES string of the molecule is CCC(O)c1ccc(OCc2cc(COC)on2)cc1. The molecule has 2 rings (SSSR count). The molecule has 0 aliphatic carbocycles. The first-order valence-corrected chi connectivity index (χ1v) is 6.57. The molecule has 0 aliphatic heterocycles. The summed E-state index contributed by atoms with van der Waals surface area (Å²) in [5.41, 5.74) is 1.61. The predicted molar refractivity (Wildman–Crippen MR) is 73.2 cm³/mol. The van der Waals surface area contributed by atoms with Gasteiger partial charge in [0, 0.05) is 13.2 Å². The molecule has 0 saturated carbocycles. The number of hydrogen-bond acceptors (Lipinski definition) is 5. The fourth-order valence-electron chi connectivity index (χ4n) is 1.81. The van der Waals surface area contributed by atoms with Crippen LogP contribution in [0.4, 0.5) is 0 Å². The van der Waals surface area contributed by atoms with Crippen molar-refractivity contribution in [2.24, 2.45) is 0 Å². The van der Waals surface area contributed by atoms with Gasteiger partial charge < -0.3 is 19.1 Å². The van der Waals surface area contributed by atoms with Crippen LogP contribution in [0.3, 0.4) is 0 Å². The molecule has 5 heteroatoms. The van der Waals surface area contributed by atoms with E-state index in [0.29, 0.717) is 25.4 Å². The Morgan fingerprint density at radius 1 is 1.25 bits per heavy atom. The van der Waals surface area contributed by atoms with Gasteiger partial charge in [-0.05, 0) is 24.1 Å². The van der Waals surface area contributed by atoms with E-state index in [1.807, 2.05) is 31.2 Å². The zero-order valence-corrected chi connectivity index (χ0v) is 11.7. The van der Waals surface area contributed by atoms with E-state index in [0.717, 1.165) is 17.0 Å². The molecule has 1 unspecified atom stereocenters. The fraction of sp³-hybridized carbons (Fsp3) is 0.400. The van der Waals surface area contributed by atoms with Gasteiger partial charge in [-0.25, -0.2) is 0 Å². The van der Waals surface area contributed by atoms with E-state index in [9.17, 15) is 5.11 Å². The Labute approximate surface area is 118 Å². The van der Waals surface area contributed by atoms with Crippen molar-refractivity contribution in [1.82, 2.24) is 5.16 Å². The normalized spacial score (nSPS) is 12.3. The molecular formula is C15H19NO4. The third kappa shape index (κ3) is 3.82. The van der Waals surface area contributed by atoms with Crippen molar-refractivity contribution in [1.29, 1.82) is 0 Å². The summed E-state index contributed by atoms with van der Waals surface area (Å²) in [6.45, 7) is 2.68. The Morgan fingerprint density at radius 3 is 2.65 bits per heavy atom. The Hall–Kier alpha value is -1.85. The van der Waals surface area contributed by atoms with Crippen LogP contribution in [-0.2, 0) is 18.0 Å². The van der Waals surface area contributed by atoms with Gasteiger partial charge in [0.15, 0.2) is 5.76 Å². The lowest BCUT2D eigenvalue weighted by Crippen LogP contribution is -1.97. The number of aromatic nitrogens is 1. The molecule has 0 aliphatic rings. The van der Waals surface area contributed by atoms with Gasteiger partial charge in [0.2, 0.25) is 0 Å². The fourth-order valence-corrected chi connectivity index (χ4v) is 1.81. The van der Waals surface area contributed by atoms with Crippen molar-refractivity contribution in [2.45, 2.75) is 32.7 Å². The van der Waals surface area contributed by atoms with Crippen LogP contribution in [0.5, 0.6) is 5.75 Å². The second-order valence-corrected chi connectivity index (χ2v) is 4.50. The van der Waals surface area contributed by atoms with Gasteiger partial charge in [0.1, 0.15) is 24.7 Å². The Balaban J connectivity index is 1.89. The minimum absolute atomic E-state index is 0.336. The van der Waals surface area contributed by atoms with Crippen LogP contribution >= 0.6 is 0 Å². The third-order valence-corrected chi connectivity index (χ3v) is 2.93. The minimum Gasteiger partial charge on any atom is -0.487 e. The van der Waals surface area contributed by atoms with Gasteiger partial charge in [0.25, 0.3) is 0 Å². The van der Waals surface area contributed by atoms with Crippen LogP contribution in [0.2, 0.25) is 0 Å². The maximum atomic E-state index is 9.71. The molecule has 0 spiro atoms. The van der Waals surface area contributed by atoms with Gasteiger partial charge >= 0.3 is 0 Å². The zero-order valence-electron chi connectivity index (χ0n) is 11.7. The third-order valence-electron chi connectivity index (χ3n) is 2.93. The molecule has 1 aromatic heterocycles. The summed E-state index contributed by atoms with van der Waals surface area (Å²) >= 11 is 0. The molecule has 5 nitrogen and oxygen atoms in total. The highest BCUT2D eigenvalue weighted by molar-refractivity contribution is 5.28. The summed E-state index contributed by atoms with van der Waals surface area (Å²) in [5, 5.41) is 13.6. The number of hydrogen-bond donors (Lipinski definition) is 1. The molecule has 1 atom stereocenters. The van der Waals surface area contributed by atoms with Gasteiger partial charge in [0.05, 0.1) is 6.10 Å². The second kappa shape index (κ2) is 7.07. The minimum atomic E-state index is -0.420. The lowest BCUT2D eigenvalue weighted by Gasteiger charge is -2.09. The first-order valence-electron chi connectivity index (χ1n) is 6.57. The lowest BCUT2D eigenvalue weighted by atomic mass is 10.1. The molecular weight excluding hydrogens is 258 g/mol. The second-order valence-electron chi connectivity index (χ2n) is 4.50. The number of nitrogens with zero attached hydrogens (tertiary/aromatic N) is 1. The van der Waals surface area contributed by atoms with E-state index in [2.05, 4.69) is 5.16 Å². The highest BCUT2D eigenvalue weighted by Crippen LogP contribution is 2.20.